The maximum atomic E-state index is 2.49. The maximum Gasteiger partial charge on any atom is 0.0641 e. The largest absolute Gasteiger partial charge is 0.309 e. The van der Waals surface area contributed by atoms with Crippen molar-refractivity contribution in [3.05, 3.63) is 163 Å². The molecular weight excluding hydrogens is 595 g/mol. The highest BCUT2D eigenvalue weighted by Crippen LogP contribution is 2.44. The Kier molecular flexibility index (Phi) is 5.84. The lowest BCUT2D eigenvalue weighted by atomic mass is 9.86. The van der Waals surface area contributed by atoms with Crippen molar-refractivity contribution >= 4 is 65.4 Å². The van der Waals surface area contributed by atoms with E-state index in [0.29, 0.717) is 0 Å². The monoisotopic (exact) mass is 629 g/mol. The Bertz CT molecular complexity index is 2840. The zero-order valence-electron chi connectivity index (χ0n) is 27.9. The highest BCUT2D eigenvalue weighted by molar-refractivity contribution is 6.26. The number of hydrogen-bond donors (Lipinski definition) is 0. The molecule has 0 saturated carbocycles. The van der Waals surface area contributed by atoms with E-state index < -0.39 is 0 Å². The topological polar surface area (TPSA) is 14.8 Å². The first-order valence-electron chi connectivity index (χ1n) is 17.1. The number of rotatable bonds is 3. The zero-order chi connectivity index (χ0) is 32.9. The molecule has 3 heteroatoms. The number of benzene rings is 7. The lowest BCUT2D eigenvalue weighted by molar-refractivity contribution is 0.591. The van der Waals surface area contributed by atoms with Crippen molar-refractivity contribution in [3.63, 3.8) is 0 Å². The highest BCUT2D eigenvalue weighted by Gasteiger charge is 2.23. The molecule has 0 fully saturated rings. The summed E-state index contributed by atoms with van der Waals surface area (Å²) < 4.78 is 7.35. The van der Waals surface area contributed by atoms with E-state index in [4.69, 9.17) is 0 Å². The average Bonchev–Trinajstić information content (AvgIpc) is 3.77. The second-order valence-corrected chi connectivity index (χ2v) is 14.3. The molecule has 3 aromatic heterocycles. The van der Waals surface area contributed by atoms with Gasteiger partial charge in [0.05, 0.1) is 33.1 Å². The van der Waals surface area contributed by atoms with Crippen LogP contribution in [-0.2, 0) is 5.41 Å². The van der Waals surface area contributed by atoms with Crippen LogP contribution in [0.1, 0.15) is 26.3 Å². The van der Waals surface area contributed by atoms with Gasteiger partial charge < -0.3 is 13.7 Å². The molecule has 0 atom stereocenters. The number of nitrogens with zero attached hydrogens (tertiary/aromatic N) is 3. The molecule has 0 aliphatic carbocycles. The minimum absolute atomic E-state index is 0.0417. The summed E-state index contributed by atoms with van der Waals surface area (Å²) in [6.45, 7) is 6.89. The Morgan fingerprint density at radius 2 is 0.857 bits per heavy atom. The molecule has 0 radical (unpaired) electrons. The SMILES string of the molecule is CC(C)(C)c1ccc2c(c1)c1ccc3c(c4cc(-n5c6ccccc6c6ccccc65)ccc4n3-c3ccccc3)c1n2-c1ccccc1. The van der Waals surface area contributed by atoms with Crippen LogP contribution in [0.15, 0.2) is 158 Å². The minimum atomic E-state index is 0.0417. The van der Waals surface area contributed by atoms with Crippen molar-refractivity contribution in [1.29, 1.82) is 0 Å². The fourth-order valence-electron chi connectivity index (χ4n) is 8.11. The third kappa shape index (κ3) is 4.02. The second kappa shape index (κ2) is 10.2. The van der Waals surface area contributed by atoms with Gasteiger partial charge in [0, 0.05) is 49.4 Å². The number of para-hydroxylation sites is 4. The van der Waals surface area contributed by atoms with E-state index in [-0.39, 0.29) is 5.41 Å². The van der Waals surface area contributed by atoms with Gasteiger partial charge in [-0.25, -0.2) is 0 Å². The Labute approximate surface area is 284 Å². The summed E-state index contributed by atoms with van der Waals surface area (Å²) in [5.74, 6) is 0. The molecule has 0 aliphatic rings. The lowest BCUT2D eigenvalue weighted by Crippen LogP contribution is -2.10. The zero-order valence-corrected chi connectivity index (χ0v) is 27.9. The van der Waals surface area contributed by atoms with Gasteiger partial charge in [-0.3, -0.25) is 0 Å². The summed E-state index contributed by atoms with van der Waals surface area (Å²) in [5.41, 5.74) is 12.1. The number of hydrogen-bond acceptors (Lipinski definition) is 0. The third-order valence-electron chi connectivity index (χ3n) is 10.4. The Balaban J connectivity index is 1.41. The van der Waals surface area contributed by atoms with E-state index in [1.165, 1.54) is 71.0 Å². The van der Waals surface area contributed by atoms with Crippen LogP contribution < -0.4 is 0 Å². The normalized spacial score (nSPS) is 12.4. The van der Waals surface area contributed by atoms with Gasteiger partial charge >= 0.3 is 0 Å². The van der Waals surface area contributed by atoms with E-state index in [1.54, 1.807) is 0 Å². The van der Waals surface area contributed by atoms with Gasteiger partial charge in [-0.2, -0.15) is 0 Å². The van der Waals surface area contributed by atoms with E-state index in [0.717, 1.165) is 17.1 Å². The molecule has 10 aromatic rings. The molecular formula is C46H35N3. The van der Waals surface area contributed by atoms with Gasteiger partial charge in [0.15, 0.2) is 0 Å². The average molecular weight is 630 g/mol. The molecule has 0 saturated heterocycles. The van der Waals surface area contributed by atoms with Gasteiger partial charge in [-0.15, -0.1) is 0 Å². The van der Waals surface area contributed by atoms with Gasteiger partial charge in [-0.05, 0) is 83.8 Å². The number of fused-ring (bicyclic) bond motifs is 10. The standard InChI is InChI=1S/C46H35N3/c1-46(2,3)30-22-25-41-37(28-30)36-24-27-43-44(45(36)49(41)32-16-8-5-9-17-32)38-29-33(23-26-42(38)47(43)31-14-6-4-7-15-31)48-39-20-12-10-18-34(39)35-19-11-13-21-40(35)48/h4-29H,1-3H3. The van der Waals surface area contributed by atoms with Crippen LogP contribution >= 0.6 is 0 Å². The first-order valence-corrected chi connectivity index (χ1v) is 17.1. The van der Waals surface area contributed by atoms with E-state index in [9.17, 15) is 0 Å². The van der Waals surface area contributed by atoms with Crippen molar-refractivity contribution in [2.24, 2.45) is 0 Å². The van der Waals surface area contributed by atoms with E-state index >= 15 is 0 Å². The molecule has 0 amide bonds. The van der Waals surface area contributed by atoms with Crippen molar-refractivity contribution < 1.29 is 0 Å². The fourth-order valence-corrected chi connectivity index (χ4v) is 8.11. The first kappa shape index (κ1) is 28.0. The number of aromatic nitrogens is 3. The van der Waals surface area contributed by atoms with Crippen LogP contribution in [-0.4, -0.2) is 13.7 Å². The van der Waals surface area contributed by atoms with E-state index in [2.05, 4.69) is 192 Å². The molecule has 0 N–H and O–H groups in total. The smallest absolute Gasteiger partial charge is 0.0641 e. The molecule has 3 nitrogen and oxygen atoms in total. The van der Waals surface area contributed by atoms with Crippen LogP contribution in [0.5, 0.6) is 0 Å². The quantitative estimate of drug-likeness (QED) is 0.185. The summed E-state index contributed by atoms with van der Waals surface area (Å²) in [4.78, 5) is 0. The summed E-state index contributed by atoms with van der Waals surface area (Å²) >= 11 is 0. The van der Waals surface area contributed by atoms with Crippen LogP contribution in [0, 0.1) is 0 Å². The Hall–Kier alpha value is -6.06. The predicted molar refractivity (Wildman–Crippen MR) is 208 cm³/mol. The fraction of sp³-hybridized carbons (Fsp3) is 0.0870. The molecule has 10 rings (SSSR count). The van der Waals surface area contributed by atoms with Gasteiger partial charge in [0.2, 0.25) is 0 Å². The predicted octanol–water partition coefficient (Wildman–Crippen LogP) is 12.3. The molecule has 0 bridgehead atoms. The minimum Gasteiger partial charge on any atom is -0.309 e. The summed E-state index contributed by atoms with van der Waals surface area (Å²) in [6.07, 6.45) is 0. The Morgan fingerprint density at radius 1 is 0.347 bits per heavy atom. The lowest BCUT2D eigenvalue weighted by Gasteiger charge is -2.19. The van der Waals surface area contributed by atoms with Crippen LogP contribution in [0.2, 0.25) is 0 Å². The van der Waals surface area contributed by atoms with Crippen LogP contribution in [0.4, 0.5) is 0 Å². The molecule has 7 aromatic carbocycles. The summed E-state index contributed by atoms with van der Waals surface area (Å²) in [7, 11) is 0. The molecule has 3 heterocycles. The summed E-state index contributed by atoms with van der Waals surface area (Å²) in [6, 6.07) is 57.9. The van der Waals surface area contributed by atoms with Gasteiger partial charge in [-0.1, -0.05) is 106 Å². The van der Waals surface area contributed by atoms with E-state index in [1.807, 2.05) is 0 Å². The second-order valence-electron chi connectivity index (χ2n) is 14.3. The van der Waals surface area contributed by atoms with Crippen LogP contribution in [0.3, 0.4) is 0 Å². The molecule has 49 heavy (non-hydrogen) atoms. The first-order chi connectivity index (χ1) is 24.0. The molecule has 0 aliphatic heterocycles. The Morgan fingerprint density at radius 3 is 1.51 bits per heavy atom. The van der Waals surface area contributed by atoms with Gasteiger partial charge in [0.25, 0.3) is 0 Å². The van der Waals surface area contributed by atoms with Gasteiger partial charge in [0.1, 0.15) is 0 Å². The molecule has 0 spiro atoms. The molecule has 0 unspecified atom stereocenters. The van der Waals surface area contributed by atoms with Crippen LogP contribution in [0.25, 0.3) is 82.5 Å². The summed E-state index contributed by atoms with van der Waals surface area (Å²) in [5, 5.41) is 7.59. The van der Waals surface area contributed by atoms with Crippen molar-refractivity contribution in [3.8, 4) is 17.1 Å². The third-order valence-corrected chi connectivity index (χ3v) is 10.4. The van der Waals surface area contributed by atoms with Crippen molar-refractivity contribution in [1.82, 2.24) is 13.7 Å². The highest BCUT2D eigenvalue weighted by atomic mass is 15.0. The van der Waals surface area contributed by atoms with Crippen molar-refractivity contribution in [2.45, 2.75) is 26.2 Å². The molecule has 234 valence electrons. The van der Waals surface area contributed by atoms with Crippen molar-refractivity contribution in [2.75, 3.05) is 0 Å². The maximum absolute atomic E-state index is 2.49.